The number of carbonyl (C=O) groups is 2. The molecule has 1 spiro atoms. The topological polar surface area (TPSA) is 113 Å². The lowest BCUT2D eigenvalue weighted by molar-refractivity contribution is -0.193. The van der Waals surface area contributed by atoms with Crippen molar-refractivity contribution in [2.75, 3.05) is 59.7 Å². The number of rotatable bonds is 5. The second-order valence-corrected chi connectivity index (χ2v) is 8.37. The third-order valence-corrected chi connectivity index (χ3v) is 5.34. The number of hydrogen-bond acceptors (Lipinski definition) is 7. The first kappa shape index (κ1) is 31.7. The molecule has 0 bridgehead atoms. The molecule has 0 amide bonds. The zero-order valence-corrected chi connectivity index (χ0v) is 19.6. The number of nitrogens with zero attached hydrogens (tertiary/aromatic N) is 2. The van der Waals surface area contributed by atoms with E-state index in [0.717, 1.165) is 52.5 Å². The van der Waals surface area contributed by atoms with E-state index in [0.29, 0.717) is 0 Å². The van der Waals surface area contributed by atoms with Crippen LogP contribution in [-0.2, 0) is 25.6 Å². The second kappa shape index (κ2) is 14.4. The summed E-state index contributed by atoms with van der Waals surface area (Å²) in [5, 5.41) is 14.2. The van der Waals surface area contributed by atoms with Crippen molar-refractivity contribution in [3.05, 3.63) is 24.2 Å². The van der Waals surface area contributed by atoms with Gasteiger partial charge in [0, 0.05) is 50.8 Å². The zero-order valence-electron chi connectivity index (χ0n) is 19.6. The molecule has 15 heteroatoms. The zero-order chi connectivity index (χ0) is 27.4. The van der Waals surface area contributed by atoms with Crippen molar-refractivity contribution in [2.45, 2.75) is 31.7 Å². The third-order valence-electron chi connectivity index (χ3n) is 5.34. The highest BCUT2D eigenvalue weighted by atomic mass is 19.4. The van der Waals surface area contributed by atoms with Crippen LogP contribution in [0.3, 0.4) is 0 Å². The molecule has 0 radical (unpaired) electrons. The van der Waals surface area contributed by atoms with E-state index in [2.05, 4.69) is 15.9 Å². The number of carboxylic acids is 2. The monoisotopic (exact) mass is 536 g/mol. The molecule has 0 aliphatic carbocycles. The van der Waals surface area contributed by atoms with Crippen LogP contribution < -0.4 is 0 Å². The number of hydrogen-bond donors (Lipinski definition) is 2. The van der Waals surface area contributed by atoms with E-state index < -0.39 is 24.3 Å². The van der Waals surface area contributed by atoms with E-state index in [1.165, 1.54) is 24.9 Å². The van der Waals surface area contributed by atoms with Crippen LogP contribution >= 0.6 is 0 Å². The molecule has 3 heterocycles. The second-order valence-electron chi connectivity index (χ2n) is 8.37. The lowest BCUT2D eigenvalue weighted by Gasteiger charge is -2.43. The number of methoxy groups -OCH3 is 1. The Kier molecular flexibility index (Phi) is 12.7. The van der Waals surface area contributed by atoms with E-state index in [-0.39, 0.29) is 5.41 Å². The van der Waals surface area contributed by atoms with Crippen LogP contribution in [0.15, 0.2) is 23.0 Å². The van der Waals surface area contributed by atoms with Crippen molar-refractivity contribution < 1.29 is 60.0 Å². The van der Waals surface area contributed by atoms with Crippen LogP contribution in [-0.4, -0.2) is 104 Å². The van der Waals surface area contributed by atoms with Gasteiger partial charge in [0.15, 0.2) is 0 Å². The van der Waals surface area contributed by atoms with Crippen LogP contribution in [0.5, 0.6) is 0 Å². The first-order valence-corrected chi connectivity index (χ1v) is 10.8. The molecule has 2 aliphatic heterocycles. The van der Waals surface area contributed by atoms with Gasteiger partial charge in [-0.3, -0.25) is 9.80 Å². The molecule has 2 fully saturated rings. The first-order chi connectivity index (χ1) is 16.7. The maximum absolute atomic E-state index is 10.6. The lowest BCUT2D eigenvalue weighted by Crippen LogP contribution is -2.50. The van der Waals surface area contributed by atoms with Crippen molar-refractivity contribution >= 4 is 11.9 Å². The van der Waals surface area contributed by atoms with Gasteiger partial charge in [0.05, 0.1) is 32.3 Å². The fourth-order valence-corrected chi connectivity index (χ4v) is 3.83. The standard InChI is InChI=1S/C17H28N2O3.2C2HF3O2/c1-20-9-6-18-7-10-22-15-17(13-18)4-2-5-19(14-17)11-16-3-8-21-12-16;2*3-2(4,5)1(6)7/h3,8,12H,2,4-7,9-11,13-15H2,1H3;2*(H,6,7). The van der Waals surface area contributed by atoms with Gasteiger partial charge >= 0.3 is 24.3 Å². The van der Waals surface area contributed by atoms with Gasteiger partial charge in [0.1, 0.15) is 0 Å². The van der Waals surface area contributed by atoms with Gasteiger partial charge in [-0.25, -0.2) is 9.59 Å². The highest BCUT2D eigenvalue weighted by molar-refractivity contribution is 5.73. The summed E-state index contributed by atoms with van der Waals surface area (Å²) in [6.45, 7) is 8.94. The molecule has 36 heavy (non-hydrogen) atoms. The minimum Gasteiger partial charge on any atom is -0.475 e. The quantitative estimate of drug-likeness (QED) is 0.549. The highest BCUT2D eigenvalue weighted by Crippen LogP contribution is 2.33. The van der Waals surface area contributed by atoms with E-state index in [9.17, 15) is 26.3 Å². The molecule has 1 aromatic heterocycles. The summed E-state index contributed by atoms with van der Waals surface area (Å²) in [4.78, 5) is 22.9. The number of likely N-dealkylation sites (tertiary alicyclic amines) is 1. The van der Waals surface area contributed by atoms with E-state index in [1.807, 2.05) is 6.26 Å². The van der Waals surface area contributed by atoms with Gasteiger partial charge in [-0.1, -0.05) is 0 Å². The van der Waals surface area contributed by atoms with Crippen molar-refractivity contribution in [2.24, 2.45) is 5.41 Å². The van der Waals surface area contributed by atoms with Crippen LogP contribution in [0.2, 0.25) is 0 Å². The molecule has 1 unspecified atom stereocenters. The maximum Gasteiger partial charge on any atom is 0.490 e. The number of carboxylic acid groups (broad SMARTS) is 2. The number of ether oxygens (including phenoxy) is 2. The summed E-state index contributed by atoms with van der Waals surface area (Å²) in [5.41, 5.74) is 1.54. The fraction of sp³-hybridized carbons (Fsp3) is 0.714. The first-order valence-electron chi connectivity index (χ1n) is 10.8. The molecule has 2 aliphatic rings. The molecule has 2 saturated heterocycles. The average Bonchev–Trinajstić information content (AvgIpc) is 3.20. The van der Waals surface area contributed by atoms with Crippen molar-refractivity contribution in [3.8, 4) is 0 Å². The summed E-state index contributed by atoms with van der Waals surface area (Å²) >= 11 is 0. The smallest absolute Gasteiger partial charge is 0.475 e. The molecular formula is C21H30F6N2O7. The molecule has 1 atom stereocenters. The Morgan fingerprint density at radius 1 is 1.06 bits per heavy atom. The van der Waals surface area contributed by atoms with Gasteiger partial charge in [-0.05, 0) is 25.5 Å². The molecule has 9 nitrogen and oxygen atoms in total. The van der Waals surface area contributed by atoms with E-state index in [4.69, 9.17) is 33.7 Å². The summed E-state index contributed by atoms with van der Waals surface area (Å²) in [5.74, 6) is -5.51. The number of aliphatic carboxylic acids is 2. The maximum atomic E-state index is 10.6. The minimum atomic E-state index is -5.08. The molecule has 208 valence electrons. The van der Waals surface area contributed by atoms with Gasteiger partial charge < -0.3 is 24.1 Å². The largest absolute Gasteiger partial charge is 0.490 e. The number of alkyl halides is 6. The summed E-state index contributed by atoms with van der Waals surface area (Å²) in [6.07, 6.45) is -4.04. The predicted molar refractivity (Wildman–Crippen MR) is 112 cm³/mol. The Hall–Kier alpha value is -2.36. The van der Waals surface area contributed by atoms with Gasteiger partial charge in [0.2, 0.25) is 0 Å². The van der Waals surface area contributed by atoms with Crippen molar-refractivity contribution in [1.29, 1.82) is 0 Å². The fourth-order valence-electron chi connectivity index (χ4n) is 3.83. The normalized spacial score (nSPS) is 21.5. The van der Waals surface area contributed by atoms with Crippen LogP contribution in [0.1, 0.15) is 18.4 Å². The third kappa shape index (κ3) is 12.1. The molecule has 3 rings (SSSR count). The number of piperidine rings is 1. The highest BCUT2D eigenvalue weighted by Gasteiger charge is 2.40. The lowest BCUT2D eigenvalue weighted by atomic mass is 9.80. The van der Waals surface area contributed by atoms with Crippen molar-refractivity contribution in [3.63, 3.8) is 0 Å². The summed E-state index contributed by atoms with van der Waals surface area (Å²) in [7, 11) is 1.78. The SMILES string of the molecule is COCCN1CCOCC2(CCCN(Cc3ccoc3)C2)C1.O=C(O)C(F)(F)F.O=C(O)C(F)(F)F. The molecule has 2 N–H and O–H groups in total. The van der Waals surface area contributed by atoms with Crippen LogP contribution in [0.4, 0.5) is 26.3 Å². The average molecular weight is 536 g/mol. The van der Waals surface area contributed by atoms with E-state index >= 15 is 0 Å². The Morgan fingerprint density at radius 2 is 1.64 bits per heavy atom. The van der Waals surface area contributed by atoms with Gasteiger partial charge in [0.25, 0.3) is 0 Å². The van der Waals surface area contributed by atoms with Crippen molar-refractivity contribution in [1.82, 2.24) is 9.80 Å². The Balaban J connectivity index is 0.000000383. The summed E-state index contributed by atoms with van der Waals surface area (Å²) < 4.78 is 79.9. The molecule has 0 aromatic carbocycles. The van der Waals surface area contributed by atoms with Crippen LogP contribution in [0.25, 0.3) is 0 Å². The number of halogens is 6. The Morgan fingerprint density at radius 3 is 2.14 bits per heavy atom. The Labute approximate surface area is 203 Å². The number of furan rings is 1. The Bertz CT molecular complexity index is 765. The van der Waals surface area contributed by atoms with Crippen LogP contribution in [0, 0.1) is 5.41 Å². The van der Waals surface area contributed by atoms with E-state index in [1.54, 1.807) is 13.4 Å². The van der Waals surface area contributed by atoms with Gasteiger partial charge in [-0.15, -0.1) is 0 Å². The summed E-state index contributed by atoms with van der Waals surface area (Å²) in [6, 6.07) is 2.07. The molecule has 1 aromatic rings. The molecular weight excluding hydrogens is 506 g/mol. The van der Waals surface area contributed by atoms with Gasteiger partial charge in [-0.2, -0.15) is 26.3 Å². The molecule has 0 saturated carbocycles. The minimum absolute atomic E-state index is 0.270. The predicted octanol–water partition coefficient (Wildman–Crippen LogP) is 3.11.